The lowest BCUT2D eigenvalue weighted by atomic mass is 10.1. The predicted molar refractivity (Wildman–Crippen MR) is 113 cm³/mol. The Bertz CT molecular complexity index is 1050. The molecule has 0 spiro atoms. The molecule has 0 atom stereocenters. The molecular formula is C21H22N4O2S. The molecule has 0 saturated carbocycles. The van der Waals surface area contributed by atoms with Gasteiger partial charge in [-0.25, -0.2) is 13.7 Å². The van der Waals surface area contributed by atoms with E-state index in [2.05, 4.69) is 12.2 Å². The van der Waals surface area contributed by atoms with E-state index in [0.29, 0.717) is 17.0 Å². The van der Waals surface area contributed by atoms with Crippen molar-refractivity contribution in [3.05, 3.63) is 76.1 Å². The Kier molecular flexibility index (Phi) is 6.06. The zero-order valence-corrected chi connectivity index (χ0v) is 16.8. The predicted octanol–water partition coefficient (Wildman–Crippen LogP) is 4.33. The SMILES string of the molecule is CCc1ccc(N=C(Nc2ccc(C(=O)OC)cc2)n2sc(C)cc2=N)cc1. The number of hydrogen-bond donors (Lipinski definition) is 2. The van der Waals surface area contributed by atoms with Gasteiger partial charge in [0.2, 0.25) is 5.96 Å². The number of rotatable bonds is 4. The minimum atomic E-state index is -0.381. The molecule has 144 valence electrons. The molecule has 0 aliphatic rings. The molecule has 0 bridgehead atoms. The van der Waals surface area contributed by atoms with Crippen LogP contribution < -0.4 is 10.8 Å². The second kappa shape index (κ2) is 8.67. The Hall–Kier alpha value is -3.19. The molecule has 0 aliphatic carbocycles. The molecule has 6 nitrogen and oxygen atoms in total. The van der Waals surface area contributed by atoms with Gasteiger partial charge in [-0.1, -0.05) is 30.6 Å². The molecule has 7 heteroatoms. The van der Waals surface area contributed by atoms with Crippen LogP contribution in [0.25, 0.3) is 0 Å². The summed E-state index contributed by atoms with van der Waals surface area (Å²) in [4.78, 5) is 17.3. The van der Waals surface area contributed by atoms with Gasteiger partial charge in [0, 0.05) is 10.6 Å². The van der Waals surface area contributed by atoms with Gasteiger partial charge < -0.3 is 10.1 Å². The molecule has 0 radical (unpaired) electrons. The van der Waals surface area contributed by atoms with Crippen LogP contribution in [0.4, 0.5) is 11.4 Å². The fourth-order valence-corrected chi connectivity index (χ4v) is 3.39. The number of aromatic nitrogens is 1. The quantitative estimate of drug-likeness (QED) is 0.393. The summed E-state index contributed by atoms with van der Waals surface area (Å²) in [6.45, 7) is 4.07. The molecule has 0 saturated heterocycles. The zero-order valence-electron chi connectivity index (χ0n) is 16.0. The number of carbonyl (C=O) groups is 1. The van der Waals surface area contributed by atoms with E-state index >= 15 is 0 Å². The average molecular weight is 395 g/mol. The maximum absolute atomic E-state index is 11.6. The Balaban J connectivity index is 1.96. The van der Waals surface area contributed by atoms with Crippen molar-refractivity contribution in [2.24, 2.45) is 4.99 Å². The minimum Gasteiger partial charge on any atom is -0.465 e. The summed E-state index contributed by atoms with van der Waals surface area (Å²) in [6.07, 6.45) is 0.970. The summed E-state index contributed by atoms with van der Waals surface area (Å²) in [6, 6.07) is 16.8. The van der Waals surface area contributed by atoms with E-state index in [4.69, 9.17) is 15.1 Å². The third-order valence-corrected chi connectivity index (χ3v) is 5.09. The average Bonchev–Trinajstić information content (AvgIpc) is 3.06. The van der Waals surface area contributed by atoms with Gasteiger partial charge in [0.05, 0.1) is 18.4 Å². The minimum absolute atomic E-state index is 0.352. The summed E-state index contributed by atoms with van der Waals surface area (Å²) in [5, 5.41) is 11.5. The Labute approximate surface area is 167 Å². The lowest BCUT2D eigenvalue weighted by molar-refractivity contribution is 0.0601. The van der Waals surface area contributed by atoms with E-state index in [9.17, 15) is 4.79 Å². The lowest BCUT2D eigenvalue weighted by Crippen LogP contribution is -2.28. The van der Waals surface area contributed by atoms with Crippen LogP contribution in [0.5, 0.6) is 0 Å². The fourth-order valence-electron chi connectivity index (χ4n) is 2.62. The summed E-state index contributed by atoms with van der Waals surface area (Å²) in [5.74, 6) is 0.145. The Morgan fingerprint density at radius 2 is 1.86 bits per heavy atom. The largest absolute Gasteiger partial charge is 0.465 e. The van der Waals surface area contributed by atoms with Gasteiger partial charge >= 0.3 is 5.97 Å². The van der Waals surface area contributed by atoms with E-state index in [1.807, 2.05) is 31.2 Å². The van der Waals surface area contributed by atoms with Crippen molar-refractivity contribution in [3.8, 4) is 0 Å². The second-order valence-corrected chi connectivity index (χ2v) is 7.37. The first-order valence-corrected chi connectivity index (χ1v) is 9.65. The van der Waals surface area contributed by atoms with Gasteiger partial charge in [0.1, 0.15) is 5.49 Å². The second-order valence-electron chi connectivity index (χ2n) is 6.18. The molecule has 28 heavy (non-hydrogen) atoms. The van der Waals surface area contributed by atoms with Crippen LogP contribution in [-0.2, 0) is 11.2 Å². The maximum atomic E-state index is 11.6. The molecule has 1 aromatic heterocycles. The van der Waals surface area contributed by atoms with Gasteiger partial charge in [-0.3, -0.25) is 5.41 Å². The summed E-state index contributed by atoms with van der Waals surface area (Å²) in [5.41, 5.74) is 3.62. The first kappa shape index (κ1) is 19.6. The van der Waals surface area contributed by atoms with Crippen molar-refractivity contribution in [3.63, 3.8) is 0 Å². The molecule has 2 N–H and O–H groups in total. The molecular weight excluding hydrogens is 372 g/mol. The highest BCUT2D eigenvalue weighted by Crippen LogP contribution is 2.17. The summed E-state index contributed by atoms with van der Waals surface area (Å²) >= 11 is 1.44. The van der Waals surface area contributed by atoms with Crippen LogP contribution in [0.15, 0.2) is 59.6 Å². The van der Waals surface area contributed by atoms with Crippen molar-refractivity contribution >= 4 is 34.8 Å². The van der Waals surface area contributed by atoms with Crippen LogP contribution in [-0.4, -0.2) is 23.0 Å². The van der Waals surface area contributed by atoms with Crippen LogP contribution in [0.1, 0.15) is 27.7 Å². The van der Waals surface area contributed by atoms with Crippen molar-refractivity contribution < 1.29 is 9.53 Å². The van der Waals surface area contributed by atoms with Crippen LogP contribution in [0.2, 0.25) is 0 Å². The third-order valence-electron chi connectivity index (χ3n) is 4.13. The van der Waals surface area contributed by atoms with E-state index in [-0.39, 0.29) is 5.97 Å². The van der Waals surface area contributed by atoms with Crippen molar-refractivity contribution in [2.75, 3.05) is 12.4 Å². The van der Waals surface area contributed by atoms with E-state index in [1.54, 1.807) is 34.3 Å². The number of aliphatic imine (C=N–C) groups is 1. The van der Waals surface area contributed by atoms with Gasteiger partial charge in [-0.15, -0.1) is 0 Å². The van der Waals surface area contributed by atoms with Crippen LogP contribution in [0.3, 0.4) is 0 Å². The van der Waals surface area contributed by atoms with Crippen molar-refractivity contribution in [1.29, 1.82) is 5.41 Å². The molecule has 3 aromatic rings. The van der Waals surface area contributed by atoms with Crippen LogP contribution in [0, 0.1) is 12.3 Å². The number of nitrogens with one attached hydrogen (secondary N) is 2. The fraction of sp³-hybridized carbons (Fsp3) is 0.190. The van der Waals surface area contributed by atoms with E-state index < -0.39 is 0 Å². The molecule has 1 heterocycles. The molecule has 0 fully saturated rings. The first-order valence-electron chi connectivity index (χ1n) is 8.88. The van der Waals surface area contributed by atoms with Crippen molar-refractivity contribution in [1.82, 2.24) is 3.96 Å². The number of nitrogens with zero attached hydrogens (tertiary/aromatic N) is 2. The highest BCUT2D eigenvalue weighted by molar-refractivity contribution is 7.07. The number of aryl methyl sites for hydroxylation is 2. The first-order chi connectivity index (χ1) is 13.5. The normalized spacial score (nSPS) is 11.3. The third kappa shape index (κ3) is 4.55. The Morgan fingerprint density at radius 1 is 1.18 bits per heavy atom. The number of ether oxygens (including phenoxy) is 1. The van der Waals surface area contributed by atoms with Crippen molar-refractivity contribution in [2.45, 2.75) is 20.3 Å². The van der Waals surface area contributed by atoms with Gasteiger partial charge in [-0.05, 0) is 61.4 Å². The molecule has 0 amide bonds. The molecule has 3 rings (SSSR count). The summed E-state index contributed by atoms with van der Waals surface area (Å²) < 4.78 is 6.47. The number of methoxy groups -OCH3 is 1. The highest BCUT2D eigenvalue weighted by Gasteiger charge is 2.10. The van der Waals surface area contributed by atoms with Gasteiger partial charge in [0.15, 0.2) is 0 Å². The molecule has 2 aromatic carbocycles. The van der Waals surface area contributed by atoms with E-state index in [1.165, 1.54) is 24.2 Å². The summed E-state index contributed by atoms with van der Waals surface area (Å²) in [7, 11) is 1.36. The van der Waals surface area contributed by atoms with Crippen LogP contribution >= 0.6 is 11.5 Å². The monoisotopic (exact) mass is 394 g/mol. The molecule has 0 unspecified atom stereocenters. The Morgan fingerprint density at radius 3 is 2.39 bits per heavy atom. The van der Waals surface area contributed by atoms with Gasteiger partial charge in [0.25, 0.3) is 0 Å². The number of esters is 1. The number of benzene rings is 2. The zero-order chi connectivity index (χ0) is 20.1. The smallest absolute Gasteiger partial charge is 0.337 e. The van der Waals surface area contributed by atoms with E-state index in [0.717, 1.165) is 22.7 Å². The van der Waals surface area contributed by atoms with Gasteiger partial charge in [-0.2, -0.15) is 0 Å². The number of hydrogen-bond acceptors (Lipinski definition) is 5. The molecule has 0 aliphatic heterocycles. The number of anilines is 1. The number of carbonyl (C=O) groups excluding carboxylic acids is 1. The lowest BCUT2D eigenvalue weighted by Gasteiger charge is -2.11. The maximum Gasteiger partial charge on any atom is 0.337 e. The highest BCUT2D eigenvalue weighted by atomic mass is 32.1. The standard InChI is InChI=1S/C21H22N4O2S/c1-4-15-5-9-17(10-6-15)23-21(25-19(22)13-14(2)28-25)24-18-11-7-16(8-12-18)20(26)27-3/h5-13,22H,4H2,1-3H3,(H,23,24). The topological polar surface area (TPSA) is 79.5 Å².